The predicted octanol–water partition coefficient (Wildman–Crippen LogP) is 4.67. The molecule has 2 amide bonds. The number of nitrogens with zero attached hydrogens (tertiary/aromatic N) is 1. The van der Waals surface area contributed by atoms with E-state index in [1.807, 2.05) is 19.9 Å². The molecule has 0 spiro atoms. The molecule has 0 unspecified atom stereocenters. The predicted molar refractivity (Wildman–Crippen MR) is 82.5 cm³/mol. The molecule has 23 heavy (non-hydrogen) atoms. The van der Waals surface area contributed by atoms with Crippen molar-refractivity contribution in [2.24, 2.45) is 0 Å². The summed E-state index contributed by atoms with van der Waals surface area (Å²) in [4.78, 5) is 16.3. The topological polar surface area (TPSA) is 54.0 Å². The highest BCUT2D eigenvalue weighted by atomic mass is 19.4. The number of aryl methyl sites for hydroxylation is 3. The van der Waals surface area contributed by atoms with Gasteiger partial charge in [-0.15, -0.1) is 0 Å². The number of pyridine rings is 1. The Labute approximate surface area is 131 Å². The highest BCUT2D eigenvalue weighted by Crippen LogP contribution is 2.30. The van der Waals surface area contributed by atoms with Crippen LogP contribution in [-0.4, -0.2) is 11.0 Å². The monoisotopic (exact) mass is 323 g/mol. The third-order valence-corrected chi connectivity index (χ3v) is 3.21. The van der Waals surface area contributed by atoms with E-state index >= 15 is 0 Å². The maximum absolute atomic E-state index is 12.7. The van der Waals surface area contributed by atoms with E-state index in [1.54, 1.807) is 6.92 Å². The minimum atomic E-state index is -4.46. The van der Waals surface area contributed by atoms with Crippen LogP contribution in [0.3, 0.4) is 0 Å². The van der Waals surface area contributed by atoms with E-state index in [-0.39, 0.29) is 5.69 Å². The zero-order valence-corrected chi connectivity index (χ0v) is 12.9. The quantitative estimate of drug-likeness (QED) is 0.844. The summed E-state index contributed by atoms with van der Waals surface area (Å²) in [6.45, 7) is 5.41. The molecule has 7 heteroatoms. The van der Waals surface area contributed by atoms with E-state index in [2.05, 4.69) is 15.6 Å². The third kappa shape index (κ3) is 4.21. The van der Waals surface area contributed by atoms with Gasteiger partial charge in [0.1, 0.15) is 0 Å². The summed E-state index contributed by atoms with van der Waals surface area (Å²) in [5.41, 5.74) is 2.08. The number of urea groups is 1. The van der Waals surface area contributed by atoms with Gasteiger partial charge in [-0.05, 0) is 50.6 Å². The first-order valence-corrected chi connectivity index (χ1v) is 6.87. The minimum absolute atomic E-state index is 0.0627. The van der Waals surface area contributed by atoms with Gasteiger partial charge in [0.05, 0.1) is 16.9 Å². The van der Waals surface area contributed by atoms with Crippen LogP contribution in [0.15, 0.2) is 30.3 Å². The standard InChI is InChI=1S/C16H16F3N3O/c1-9-7-10(2)20-11(3)14(9)22-15(23)21-13-6-4-5-12(8-13)16(17,18)19/h4-8H,1-3H3,(H2,21,22,23). The minimum Gasteiger partial charge on any atom is -0.308 e. The smallest absolute Gasteiger partial charge is 0.308 e. The molecule has 2 N–H and O–H groups in total. The number of halogens is 3. The summed E-state index contributed by atoms with van der Waals surface area (Å²) >= 11 is 0. The molecular formula is C16H16F3N3O. The second kappa shape index (κ2) is 6.28. The molecule has 1 heterocycles. The summed E-state index contributed by atoms with van der Waals surface area (Å²) < 4.78 is 38.0. The van der Waals surface area contributed by atoms with Crippen molar-refractivity contribution in [1.82, 2.24) is 4.98 Å². The molecule has 0 saturated carbocycles. The number of carbonyl (C=O) groups is 1. The highest BCUT2D eigenvalue weighted by molar-refractivity contribution is 6.00. The number of nitrogens with one attached hydrogen (secondary N) is 2. The first-order chi connectivity index (χ1) is 10.7. The molecule has 0 fully saturated rings. The van der Waals surface area contributed by atoms with Crippen molar-refractivity contribution < 1.29 is 18.0 Å². The lowest BCUT2D eigenvalue weighted by Gasteiger charge is -2.13. The molecule has 0 aliphatic rings. The Morgan fingerprint density at radius 1 is 1.09 bits per heavy atom. The lowest BCUT2D eigenvalue weighted by Crippen LogP contribution is -2.21. The van der Waals surface area contributed by atoms with Gasteiger partial charge in [-0.25, -0.2) is 4.79 Å². The molecule has 0 aliphatic heterocycles. The Balaban J connectivity index is 2.15. The summed E-state index contributed by atoms with van der Waals surface area (Å²) in [5, 5.41) is 5.01. The molecule has 4 nitrogen and oxygen atoms in total. The van der Waals surface area contributed by atoms with E-state index in [1.165, 1.54) is 12.1 Å². The van der Waals surface area contributed by atoms with Crippen LogP contribution in [0.5, 0.6) is 0 Å². The second-order valence-electron chi connectivity index (χ2n) is 5.20. The van der Waals surface area contributed by atoms with Gasteiger partial charge < -0.3 is 10.6 Å². The SMILES string of the molecule is Cc1cc(C)c(NC(=O)Nc2cccc(C(F)(F)F)c2)c(C)n1. The summed E-state index contributed by atoms with van der Waals surface area (Å²) in [5.74, 6) is 0. The average molecular weight is 323 g/mol. The summed E-state index contributed by atoms with van der Waals surface area (Å²) in [6.07, 6.45) is -4.46. The Morgan fingerprint density at radius 2 is 1.78 bits per heavy atom. The molecule has 0 aliphatic carbocycles. The number of amides is 2. The molecule has 122 valence electrons. The Hall–Kier alpha value is -2.57. The van der Waals surface area contributed by atoms with Crippen LogP contribution < -0.4 is 10.6 Å². The number of benzene rings is 1. The first kappa shape index (κ1) is 16.8. The summed E-state index contributed by atoms with van der Waals surface area (Å²) in [6, 6.07) is 5.65. The number of alkyl halides is 3. The van der Waals surface area contributed by atoms with Gasteiger partial charge in [-0.3, -0.25) is 4.98 Å². The van der Waals surface area contributed by atoms with Gasteiger partial charge >= 0.3 is 12.2 Å². The maximum atomic E-state index is 12.7. The van der Waals surface area contributed by atoms with Crippen molar-refractivity contribution in [3.63, 3.8) is 0 Å². The third-order valence-electron chi connectivity index (χ3n) is 3.21. The lowest BCUT2D eigenvalue weighted by atomic mass is 10.1. The first-order valence-electron chi connectivity index (χ1n) is 6.87. The fourth-order valence-corrected chi connectivity index (χ4v) is 2.26. The second-order valence-corrected chi connectivity index (χ2v) is 5.20. The van der Waals surface area contributed by atoms with E-state index in [4.69, 9.17) is 0 Å². The van der Waals surface area contributed by atoms with Gasteiger partial charge in [-0.2, -0.15) is 13.2 Å². The van der Waals surface area contributed by atoms with E-state index in [9.17, 15) is 18.0 Å². The van der Waals surface area contributed by atoms with Gasteiger partial charge in [-0.1, -0.05) is 6.07 Å². The molecule has 0 atom stereocenters. The molecule has 1 aromatic heterocycles. The van der Waals surface area contributed by atoms with Gasteiger partial charge in [0.15, 0.2) is 0 Å². The Kier molecular flexibility index (Phi) is 4.58. The Morgan fingerprint density at radius 3 is 2.39 bits per heavy atom. The number of hydrogen-bond donors (Lipinski definition) is 2. The molecule has 2 aromatic rings. The number of rotatable bonds is 2. The van der Waals surface area contributed by atoms with Crippen LogP contribution in [0.2, 0.25) is 0 Å². The Bertz CT molecular complexity index is 719. The van der Waals surface area contributed by atoms with Gasteiger partial charge in [0, 0.05) is 11.4 Å². The van der Waals surface area contributed by atoms with Crippen molar-refractivity contribution in [3.8, 4) is 0 Å². The van der Waals surface area contributed by atoms with E-state index in [0.717, 1.165) is 23.4 Å². The van der Waals surface area contributed by atoms with Crippen LogP contribution in [0, 0.1) is 20.8 Å². The molecule has 0 bridgehead atoms. The van der Waals surface area contributed by atoms with Crippen LogP contribution >= 0.6 is 0 Å². The maximum Gasteiger partial charge on any atom is 0.416 e. The fraction of sp³-hybridized carbons (Fsp3) is 0.250. The van der Waals surface area contributed by atoms with Crippen molar-refractivity contribution >= 4 is 17.4 Å². The van der Waals surface area contributed by atoms with Crippen molar-refractivity contribution in [3.05, 3.63) is 52.8 Å². The molecule has 0 saturated heterocycles. The number of carbonyl (C=O) groups excluding carboxylic acids is 1. The molecule has 2 rings (SSSR count). The highest BCUT2D eigenvalue weighted by Gasteiger charge is 2.30. The van der Waals surface area contributed by atoms with Gasteiger partial charge in [0.2, 0.25) is 0 Å². The van der Waals surface area contributed by atoms with Crippen molar-refractivity contribution in [2.75, 3.05) is 10.6 Å². The molecular weight excluding hydrogens is 307 g/mol. The average Bonchev–Trinajstić information content (AvgIpc) is 2.42. The fourth-order valence-electron chi connectivity index (χ4n) is 2.26. The normalized spacial score (nSPS) is 11.2. The zero-order chi connectivity index (χ0) is 17.2. The van der Waals surface area contributed by atoms with Crippen molar-refractivity contribution in [2.45, 2.75) is 26.9 Å². The largest absolute Gasteiger partial charge is 0.416 e. The van der Waals surface area contributed by atoms with Crippen LogP contribution in [0.4, 0.5) is 29.3 Å². The number of hydrogen-bond acceptors (Lipinski definition) is 2. The zero-order valence-electron chi connectivity index (χ0n) is 12.9. The van der Waals surface area contributed by atoms with Gasteiger partial charge in [0.25, 0.3) is 0 Å². The number of anilines is 2. The number of aromatic nitrogens is 1. The molecule has 0 radical (unpaired) electrons. The van der Waals surface area contributed by atoms with E-state index in [0.29, 0.717) is 11.4 Å². The van der Waals surface area contributed by atoms with Crippen LogP contribution in [0.25, 0.3) is 0 Å². The summed E-state index contributed by atoms with van der Waals surface area (Å²) in [7, 11) is 0. The van der Waals surface area contributed by atoms with E-state index < -0.39 is 17.8 Å². The molecule has 1 aromatic carbocycles. The van der Waals surface area contributed by atoms with Crippen LogP contribution in [-0.2, 0) is 6.18 Å². The van der Waals surface area contributed by atoms with Crippen LogP contribution in [0.1, 0.15) is 22.5 Å². The van der Waals surface area contributed by atoms with Crippen molar-refractivity contribution in [1.29, 1.82) is 0 Å². The lowest BCUT2D eigenvalue weighted by molar-refractivity contribution is -0.137.